The molecule has 1 aliphatic rings. The van der Waals surface area contributed by atoms with E-state index in [4.69, 9.17) is 9.47 Å². The smallest absolute Gasteiger partial charge is 0.323 e. The van der Waals surface area contributed by atoms with Gasteiger partial charge in [-0.1, -0.05) is 13.3 Å². The second kappa shape index (κ2) is 11.8. The molecule has 0 atom stereocenters. The van der Waals surface area contributed by atoms with Crippen LogP contribution in [0.25, 0.3) is 0 Å². The van der Waals surface area contributed by atoms with Crippen LogP contribution in [0.3, 0.4) is 0 Å². The van der Waals surface area contributed by atoms with Crippen LogP contribution in [-0.4, -0.2) is 63.9 Å². The normalized spacial score (nSPS) is 13.3. The fraction of sp³-hybridized carbons (Fsp3) is 0.417. The summed E-state index contributed by atoms with van der Waals surface area (Å²) in [7, 11) is 3.12. The molecule has 1 saturated heterocycles. The minimum absolute atomic E-state index is 0.0160. The second-order valence-corrected chi connectivity index (χ2v) is 7.79. The van der Waals surface area contributed by atoms with Crippen LogP contribution in [0.15, 0.2) is 42.5 Å². The minimum Gasteiger partial charge on any atom is -0.497 e. The average Bonchev–Trinajstić information content (AvgIpc) is 2.84. The quantitative estimate of drug-likeness (QED) is 0.524. The molecule has 0 aliphatic carbocycles. The van der Waals surface area contributed by atoms with Crippen molar-refractivity contribution in [2.75, 3.05) is 62.5 Å². The number of carbonyl (C=O) groups excluding carboxylic acids is 2. The Morgan fingerprint density at radius 2 is 1.48 bits per heavy atom. The van der Waals surface area contributed by atoms with E-state index in [9.17, 15) is 9.59 Å². The monoisotopic (exact) mass is 455 g/mol. The van der Waals surface area contributed by atoms with Crippen molar-refractivity contribution in [1.82, 2.24) is 10.2 Å². The fourth-order valence-corrected chi connectivity index (χ4v) is 3.58. The minimum atomic E-state index is -0.360. The van der Waals surface area contributed by atoms with Crippen molar-refractivity contribution in [2.45, 2.75) is 19.8 Å². The Labute approximate surface area is 195 Å². The van der Waals surface area contributed by atoms with Crippen LogP contribution in [0.1, 0.15) is 19.8 Å². The van der Waals surface area contributed by atoms with Gasteiger partial charge in [-0.25, -0.2) is 9.59 Å². The van der Waals surface area contributed by atoms with E-state index < -0.39 is 0 Å². The number of hydrogen-bond donors (Lipinski definition) is 3. The number of ether oxygens (including phenoxy) is 2. The molecule has 0 saturated carbocycles. The van der Waals surface area contributed by atoms with Crippen LogP contribution in [-0.2, 0) is 0 Å². The Bertz CT molecular complexity index is 905. The molecule has 0 bridgehead atoms. The lowest BCUT2D eigenvalue weighted by atomic mass is 10.2. The summed E-state index contributed by atoms with van der Waals surface area (Å²) in [6.07, 6.45) is 2.06. The second-order valence-electron chi connectivity index (χ2n) is 7.79. The molecule has 9 heteroatoms. The van der Waals surface area contributed by atoms with Crippen LogP contribution in [0.2, 0.25) is 0 Å². The molecule has 178 valence electrons. The van der Waals surface area contributed by atoms with Gasteiger partial charge in [0.25, 0.3) is 0 Å². The maximum atomic E-state index is 12.4. The van der Waals surface area contributed by atoms with E-state index >= 15 is 0 Å². The van der Waals surface area contributed by atoms with Crippen LogP contribution in [0.5, 0.6) is 11.5 Å². The van der Waals surface area contributed by atoms with Gasteiger partial charge in [-0.15, -0.1) is 0 Å². The van der Waals surface area contributed by atoms with Crippen molar-refractivity contribution in [1.29, 1.82) is 0 Å². The van der Waals surface area contributed by atoms with E-state index in [1.54, 1.807) is 32.4 Å². The van der Waals surface area contributed by atoms with Gasteiger partial charge < -0.3 is 35.2 Å². The number of nitrogens with zero attached hydrogens (tertiary/aromatic N) is 2. The fourth-order valence-electron chi connectivity index (χ4n) is 3.58. The van der Waals surface area contributed by atoms with Crippen LogP contribution < -0.4 is 30.3 Å². The number of anilines is 3. The molecule has 1 fully saturated rings. The number of piperazine rings is 1. The predicted molar refractivity (Wildman–Crippen MR) is 131 cm³/mol. The summed E-state index contributed by atoms with van der Waals surface area (Å²) in [5.41, 5.74) is 2.31. The van der Waals surface area contributed by atoms with Gasteiger partial charge in [0.05, 0.1) is 14.2 Å². The lowest BCUT2D eigenvalue weighted by Gasteiger charge is -2.36. The number of hydrogen-bond acceptors (Lipinski definition) is 5. The van der Waals surface area contributed by atoms with E-state index in [-0.39, 0.29) is 12.1 Å². The molecule has 2 aromatic carbocycles. The molecule has 0 spiro atoms. The molecule has 2 aromatic rings. The lowest BCUT2D eigenvalue weighted by molar-refractivity contribution is 0.194. The van der Waals surface area contributed by atoms with Crippen molar-refractivity contribution < 1.29 is 19.1 Å². The molecule has 0 aromatic heterocycles. The molecule has 3 rings (SSSR count). The summed E-state index contributed by atoms with van der Waals surface area (Å²) in [5, 5.41) is 8.59. The third kappa shape index (κ3) is 6.93. The SMILES string of the molecule is CCCCNC(=O)N1CCN(c2ccc(NC(=O)Nc3cc(OC)cc(OC)c3)cc2)CC1. The maximum Gasteiger partial charge on any atom is 0.323 e. The Morgan fingerprint density at radius 1 is 0.879 bits per heavy atom. The number of urea groups is 2. The van der Waals surface area contributed by atoms with Crippen molar-refractivity contribution in [2.24, 2.45) is 0 Å². The summed E-state index contributed by atoms with van der Waals surface area (Å²) in [6.45, 7) is 5.74. The zero-order valence-corrected chi connectivity index (χ0v) is 19.5. The largest absolute Gasteiger partial charge is 0.497 e. The zero-order valence-electron chi connectivity index (χ0n) is 19.5. The molecule has 0 unspecified atom stereocenters. The standard InChI is InChI=1S/C24H33N5O4/c1-4-5-10-25-24(31)29-13-11-28(12-14-29)20-8-6-18(7-9-20)26-23(30)27-19-15-21(32-2)17-22(16-19)33-3/h6-9,15-17H,4-5,10-14H2,1-3H3,(H,25,31)(H2,26,27,30). The number of rotatable bonds is 8. The Morgan fingerprint density at radius 3 is 2.06 bits per heavy atom. The maximum absolute atomic E-state index is 12.4. The molecule has 4 amide bonds. The van der Waals surface area contributed by atoms with Gasteiger partial charge in [-0.3, -0.25) is 0 Å². The summed E-state index contributed by atoms with van der Waals surface area (Å²) in [6, 6.07) is 12.5. The lowest BCUT2D eigenvalue weighted by Crippen LogP contribution is -2.52. The Hall–Kier alpha value is -3.62. The van der Waals surface area contributed by atoms with E-state index in [0.717, 1.165) is 38.2 Å². The molecule has 9 nitrogen and oxygen atoms in total. The molecule has 1 heterocycles. The zero-order chi connectivity index (χ0) is 23.6. The van der Waals surface area contributed by atoms with Gasteiger partial charge in [0, 0.05) is 68.0 Å². The van der Waals surface area contributed by atoms with E-state index in [2.05, 4.69) is 27.8 Å². The highest BCUT2D eigenvalue weighted by atomic mass is 16.5. The number of carbonyl (C=O) groups is 2. The Kier molecular flexibility index (Phi) is 8.63. The highest BCUT2D eigenvalue weighted by Crippen LogP contribution is 2.26. The van der Waals surface area contributed by atoms with E-state index in [1.165, 1.54) is 0 Å². The van der Waals surface area contributed by atoms with Gasteiger partial charge in [0.1, 0.15) is 11.5 Å². The summed E-state index contributed by atoms with van der Waals surface area (Å²) >= 11 is 0. The van der Waals surface area contributed by atoms with Crippen molar-refractivity contribution >= 4 is 29.1 Å². The average molecular weight is 456 g/mol. The molecule has 33 heavy (non-hydrogen) atoms. The predicted octanol–water partition coefficient (Wildman–Crippen LogP) is 3.98. The number of unbranched alkanes of at least 4 members (excludes halogenated alkanes) is 1. The highest BCUT2D eigenvalue weighted by Gasteiger charge is 2.21. The van der Waals surface area contributed by atoms with E-state index in [0.29, 0.717) is 36.0 Å². The van der Waals surface area contributed by atoms with Crippen LogP contribution >= 0.6 is 0 Å². The van der Waals surface area contributed by atoms with E-state index in [1.807, 2.05) is 29.2 Å². The van der Waals surface area contributed by atoms with Crippen LogP contribution in [0, 0.1) is 0 Å². The van der Waals surface area contributed by atoms with Gasteiger partial charge >= 0.3 is 12.1 Å². The molecular weight excluding hydrogens is 422 g/mol. The number of amides is 4. The van der Waals surface area contributed by atoms with Gasteiger partial charge in [-0.05, 0) is 30.7 Å². The van der Waals surface area contributed by atoms with Gasteiger partial charge in [-0.2, -0.15) is 0 Å². The van der Waals surface area contributed by atoms with Gasteiger partial charge in [0.15, 0.2) is 0 Å². The summed E-state index contributed by atoms with van der Waals surface area (Å²) in [5.74, 6) is 1.18. The van der Waals surface area contributed by atoms with Gasteiger partial charge in [0.2, 0.25) is 0 Å². The van der Waals surface area contributed by atoms with Crippen molar-refractivity contribution in [3.63, 3.8) is 0 Å². The highest BCUT2D eigenvalue weighted by molar-refractivity contribution is 6.00. The third-order valence-electron chi connectivity index (χ3n) is 5.47. The van der Waals surface area contributed by atoms with Crippen LogP contribution in [0.4, 0.5) is 26.7 Å². The Balaban J connectivity index is 1.49. The molecule has 3 N–H and O–H groups in total. The summed E-state index contributed by atoms with van der Waals surface area (Å²) in [4.78, 5) is 28.7. The number of benzene rings is 2. The van der Waals surface area contributed by atoms with Crippen molar-refractivity contribution in [3.05, 3.63) is 42.5 Å². The first-order valence-corrected chi connectivity index (χ1v) is 11.2. The first-order valence-electron chi connectivity index (χ1n) is 11.2. The summed E-state index contributed by atoms with van der Waals surface area (Å²) < 4.78 is 10.5. The molecule has 0 radical (unpaired) electrons. The number of nitrogens with one attached hydrogen (secondary N) is 3. The number of methoxy groups -OCH3 is 2. The molecular formula is C24H33N5O4. The third-order valence-corrected chi connectivity index (χ3v) is 5.47. The topological polar surface area (TPSA) is 95.2 Å². The first-order chi connectivity index (χ1) is 16.0. The van der Waals surface area contributed by atoms with Crippen molar-refractivity contribution in [3.8, 4) is 11.5 Å². The first kappa shape index (κ1) is 24.0. The molecule has 1 aliphatic heterocycles.